The molecular weight excluding hydrogens is 218 g/mol. The second-order valence-electron chi connectivity index (χ2n) is 5.24. The summed E-state index contributed by atoms with van der Waals surface area (Å²) in [4.78, 5) is 15.3. The normalized spacial score (nSPS) is 12.1. The fraction of sp³-hybridized carbons (Fsp3) is 0.615. The van der Waals surface area contributed by atoms with Gasteiger partial charge in [0.2, 0.25) is 0 Å². The highest BCUT2D eigenvalue weighted by molar-refractivity contribution is 7.09. The van der Waals surface area contributed by atoms with E-state index in [0.29, 0.717) is 12.3 Å². The number of carbonyl (C=O) groups excluding carboxylic acids is 1. The molecular formula is C13H21NOS. The maximum absolute atomic E-state index is 11.8. The van der Waals surface area contributed by atoms with Crippen molar-refractivity contribution in [2.24, 2.45) is 5.41 Å². The molecule has 0 aromatic carbocycles. The molecule has 0 atom stereocenters. The van der Waals surface area contributed by atoms with Crippen LogP contribution < -0.4 is 0 Å². The van der Waals surface area contributed by atoms with Crippen LogP contribution >= 0.6 is 11.3 Å². The van der Waals surface area contributed by atoms with Gasteiger partial charge in [-0.25, -0.2) is 0 Å². The van der Waals surface area contributed by atoms with E-state index in [4.69, 9.17) is 0 Å². The number of carbonyl (C=O) groups is 1. The van der Waals surface area contributed by atoms with Gasteiger partial charge in [-0.2, -0.15) is 0 Å². The standard InChI is InChI=1S/C13H21NOS/c1-13(2,3)12(15)10-14(4)8-7-11-6-5-9-16-11/h5-6,9H,7-8,10H2,1-4H3. The summed E-state index contributed by atoms with van der Waals surface area (Å²) >= 11 is 1.78. The molecule has 0 saturated heterocycles. The van der Waals surface area contributed by atoms with E-state index in [1.54, 1.807) is 11.3 Å². The van der Waals surface area contributed by atoms with Gasteiger partial charge in [0.05, 0.1) is 6.54 Å². The lowest BCUT2D eigenvalue weighted by Crippen LogP contribution is -2.34. The van der Waals surface area contributed by atoms with Crippen molar-refractivity contribution in [2.45, 2.75) is 27.2 Å². The monoisotopic (exact) mass is 239 g/mol. The quantitative estimate of drug-likeness (QED) is 0.787. The Morgan fingerprint density at radius 1 is 1.44 bits per heavy atom. The zero-order valence-electron chi connectivity index (χ0n) is 10.6. The van der Waals surface area contributed by atoms with Crippen LogP contribution in [0.4, 0.5) is 0 Å². The minimum Gasteiger partial charge on any atom is -0.299 e. The molecule has 0 unspecified atom stereocenters. The van der Waals surface area contributed by atoms with Crippen LogP contribution in [0.15, 0.2) is 17.5 Å². The van der Waals surface area contributed by atoms with E-state index in [0.717, 1.165) is 13.0 Å². The summed E-state index contributed by atoms with van der Waals surface area (Å²) < 4.78 is 0. The minimum absolute atomic E-state index is 0.225. The Bertz CT molecular complexity index is 324. The molecule has 0 amide bonds. The zero-order chi connectivity index (χ0) is 12.2. The first-order valence-electron chi connectivity index (χ1n) is 5.64. The molecule has 0 saturated carbocycles. The van der Waals surface area contributed by atoms with E-state index in [-0.39, 0.29) is 5.41 Å². The van der Waals surface area contributed by atoms with E-state index < -0.39 is 0 Å². The highest BCUT2D eigenvalue weighted by Gasteiger charge is 2.21. The van der Waals surface area contributed by atoms with Crippen LogP contribution in [0.2, 0.25) is 0 Å². The molecule has 1 aromatic rings. The van der Waals surface area contributed by atoms with E-state index in [1.165, 1.54) is 4.88 Å². The average molecular weight is 239 g/mol. The molecule has 0 radical (unpaired) electrons. The van der Waals surface area contributed by atoms with E-state index in [2.05, 4.69) is 22.4 Å². The Labute approximate surface area is 102 Å². The van der Waals surface area contributed by atoms with Crippen molar-refractivity contribution in [3.63, 3.8) is 0 Å². The van der Waals surface area contributed by atoms with Crippen LogP contribution in [0.25, 0.3) is 0 Å². The van der Waals surface area contributed by atoms with Crippen molar-refractivity contribution in [1.82, 2.24) is 4.90 Å². The molecule has 0 aliphatic heterocycles. The number of Topliss-reactive ketones (excluding diaryl/α,β-unsaturated/α-hetero) is 1. The first-order valence-corrected chi connectivity index (χ1v) is 6.52. The van der Waals surface area contributed by atoms with Gasteiger partial charge in [0.1, 0.15) is 0 Å². The summed E-state index contributed by atoms with van der Waals surface area (Å²) in [5, 5.41) is 2.09. The molecule has 0 spiro atoms. The predicted octanol–water partition coefficient (Wildman–Crippen LogP) is 2.84. The topological polar surface area (TPSA) is 20.3 Å². The minimum atomic E-state index is -0.225. The van der Waals surface area contributed by atoms with Gasteiger partial charge in [-0.1, -0.05) is 26.8 Å². The largest absolute Gasteiger partial charge is 0.299 e. The summed E-state index contributed by atoms with van der Waals surface area (Å²) in [7, 11) is 2.01. The van der Waals surface area contributed by atoms with Crippen molar-refractivity contribution < 1.29 is 4.79 Å². The molecule has 16 heavy (non-hydrogen) atoms. The lowest BCUT2D eigenvalue weighted by molar-refractivity contribution is -0.127. The Kier molecular flexibility index (Phi) is 4.69. The number of likely N-dealkylation sites (N-methyl/N-ethyl adjacent to an activating group) is 1. The number of nitrogens with zero attached hydrogens (tertiary/aromatic N) is 1. The summed E-state index contributed by atoms with van der Waals surface area (Å²) in [5.41, 5.74) is -0.225. The first kappa shape index (κ1) is 13.4. The second-order valence-corrected chi connectivity index (χ2v) is 6.27. The van der Waals surface area contributed by atoms with Crippen LogP contribution in [0.5, 0.6) is 0 Å². The third kappa shape index (κ3) is 4.45. The molecule has 1 heterocycles. The highest BCUT2D eigenvalue weighted by Crippen LogP contribution is 2.15. The molecule has 0 N–H and O–H groups in total. The van der Waals surface area contributed by atoms with Gasteiger partial charge in [-0.05, 0) is 24.9 Å². The van der Waals surface area contributed by atoms with Crippen LogP contribution in [-0.2, 0) is 11.2 Å². The lowest BCUT2D eigenvalue weighted by atomic mass is 9.90. The Morgan fingerprint density at radius 2 is 2.12 bits per heavy atom. The molecule has 1 rings (SSSR count). The van der Waals surface area contributed by atoms with Gasteiger partial charge in [-0.3, -0.25) is 9.69 Å². The van der Waals surface area contributed by atoms with Gasteiger partial charge in [0.15, 0.2) is 5.78 Å². The van der Waals surface area contributed by atoms with Gasteiger partial charge < -0.3 is 0 Å². The van der Waals surface area contributed by atoms with Gasteiger partial charge in [0.25, 0.3) is 0 Å². The summed E-state index contributed by atoms with van der Waals surface area (Å²) in [6, 6.07) is 4.21. The van der Waals surface area contributed by atoms with Gasteiger partial charge in [-0.15, -0.1) is 11.3 Å². The SMILES string of the molecule is CN(CCc1cccs1)CC(=O)C(C)(C)C. The van der Waals surface area contributed by atoms with E-state index >= 15 is 0 Å². The van der Waals surface area contributed by atoms with Crippen molar-refractivity contribution in [1.29, 1.82) is 0 Å². The van der Waals surface area contributed by atoms with Crippen LogP contribution in [0.3, 0.4) is 0 Å². The predicted molar refractivity (Wildman–Crippen MR) is 70.0 cm³/mol. The molecule has 2 nitrogen and oxygen atoms in total. The summed E-state index contributed by atoms with van der Waals surface area (Å²) in [6.45, 7) is 7.42. The number of ketones is 1. The third-order valence-electron chi connectivity index (χ3n) is 2.57. The molecule has 0 fully saturated rings. The number of hydrogen-bond acceptors (Lipinski definition) is 3. The molecule has 90 valence electrons. The Hall–Kier alpha value is -0.670. The first-order chi connectivity index (χ1) is 7.39. The highest BCUT2D eigenvalue weighted by atomic mass is 32.1. The smallest absolute Gasteiger partial charge is 0.152 e. The second kappa shape index (κ2) is 5.60. The van der Waals surface area contributed by atoms with Crippen molar-refractivity contribution >= 4 is 17.1 Å². The van der Waals surface area contributed by atoms with Crippen molar-refractivity contribution in [3.8, 4) is 0 Å². The van der Waals surface area contributed by atoms with Gasteiger partial charge >= 0.3 is 0 Å². The maximum atomic E-state index is 11.8. The Morgan fingerprint density at radius 3 is 2.62 bits per heavy atom. The zero-order valence-corrected chi connectivity index (χ0v) is 11.4. The number of thiophene rings is 1. The summed E-state index contributed by atoms with van der Waals surface area (Å²) in [6.07, 6.45) is 1.03. The van der Waals surface area contributed by atoms with Crippen LogP contribution in [-0.4, -0.2) is 30.8 Å². The fourth-order valence-corrected chi connectivity index (χ4v) is 2.02. The molecule has 0 aliphatic rings. The van der Waals surface area contributed by atoms with Crippen molar-refractivity contribution in [3.05, 3.63) is 22.4 Å². The van der Waals surface area contributed by atoms with E-state index in [9.17, 15) is 4.79 Å². The molecule has 3 heteroatoms. The van der Waals surface area contributed by atoms with E-state index in [1.807, 2.05) is 27.8 Å². The Balaban J connectivity index is 2.31. The molecule has 0 aliphatic carbocycles. The number of rotatable bonds is 5. The molecule has 0 bridgehead atoms. The number of hydrogen-bond donors (Lipinski definition) is 0. The third-order valence-corrected chi connectivity index (χ3v) is 3.51. The maximum Gasteiger partial charge on any atom is 0.152 e. The lowest BCUT2D eigenvalue weighted by Gasteiger charge is -2.22. The fourth-order valence-electron chi connectivity index (χ4n) is 1.32. The van der Waals surface area contributed by atoms with Gasteiger partial charge in [0, 0.05) is 16.8 Å². The van der Waals surface area contributed by atoms with Crippen LogP contribution in [0, 0.1) is 5.41 Å². The average Bonchev–Trinajstić information content (AvgIpc) is 2.65. The van der Waals surface area contributed by atoms with Crippen molar-refractivity contribution in [2.75, 3.05) is 20.1 Å². The van der Waals surface area contributed by atoms with Crippen LogP contribution in [0.1, 0.15) is 25.6 Å². The summed E-state index contributed by atoms with van der Waals surface area (Å²) in [5.74, 6) is 0.307. The molecule has 1 aromatic heterocycles.